The van der Waals surface area contributed by atoms with Crippen molar-refractivity contribution in [1.29, 1.82) is 0 Å². The fourth-order valence-electron chi connectivity index (χ4n) is 2.02. The Hall–Kier alpha value is -1.47. The maximum absolute atomic E-state index is 13.4. The molecule has 7 heteroatoms. The third-order valence-electron chi connectivity index (χ3n) is 3.07. The first-order chi connectivity index (χ1) is 8.56. The van der Waals surface area contributed by atoms with Gasteiger partial charge in [-0.3, -0.25) is 14.3 Å². The second-order valence-electron chi connectivity index (χ2n) is 4.24. The van der Waals surface area contributed by atoms with Crippen molar-refractivity contribution in [2.75, 3.05) is 6.61 Å². The number of hydrogen-bond acceptors (Lipinski definition) is 4. The summed E-state index contributed by atoms with van der Waals surface area (Å²) in [4.78, 5) is 25.2. The molecule has 1 fully saturated rings. The molecule has 0 amide bonds. The lowest BCUT2D eigenvalue weighted by molar-refractivity contribution is -0.0357. The Morgan fingerprint density at radius 2 is 2.33 bits per heavy atom. The smallest absolute Gasteiger partial charge is 0.330 e. The van der Waals surface area contributed by atoms with Gasteiger partial charge in [0.15, 0.2) is 0 Å². The van der Waals surface area contributed by atoms with E-state index < -0.39 is 36.4 Å². The molecule has 2 rings (SSSR count). The Kier molecular flexibility index (Phi) is 3.63. The van der Waals surface area contributed by atoms with Crippen molar-refractivity contribution in [3.8, 4) is 0 Å². The minimum atomic E-state index is -1.32. The Bertz CT molecular complexity index is 539. The number of aliphatic hydroxyl groups is 1. The minimum absolute atomic E-state index is 0.0136. The summed E-state index contributed by atoms with van der Waals surface area (Å²) >= 11 is 0. The summed E-state index contributed by atoms with van der Waals surface area (Å²) in [6, 6.07) is 0. The third-order valence-corrected chi connectivity index (χ3v) is 3.07. The molecule has 0 saturated carbocycles. The quantitative estimate of drug-likeness (QED) is 0.780. The van der Waals surface area contributed by atoms with Crippen LogP contribution in [0.3, 0.4) is 0 Å². The normalized spacial score (nSPS) is 27.6. The number of aromatic amines is 1. The average molecular weight is 258 g/mol. The zero-order valence-electron chi connectivity index (χ0n) is 9.93. The van der Waals surface area contributed by atoms with E-state index in [1.165, 1.54) is 10.8 Å². The van der Waals surface area contributed by atoms with Crippen LogP contribution < -0.4 is 11.2 Å². The van der Waals surface area contributed by atoms with Crippen LogP contribution in [0.5, 0.6) is 0 Å². The molecule has 2 N–H and O–H groups in total. The van der Waals surface area contributed by atoms with Gasteiger partial charge < -0.3 is 9.84 Å². The van der Waals surface area contributed by atoms with Crippen molar-refractivity contribution in [1.82, 2.24) is 9.55 Å². The fourth-order valence-corrected chi connectivity index (χ4v) is 2.02. The summed E-state index contributed by atoms with van der Waals surface area (Å²) in [6.45, 7) is 1.35. The van der Waals surface area contributed by atoms with Crippen LogP contribution in [0.2, 0.25) is 0 Å². The van der Waals surface area contributed by atoms with Gasteiger partial charge in [0, 0.05) is 18.2 Å². The molecule has 100 valence electrons. The molecule has 3 atom stereocenters. The van der Waals surface area contributed by atoms with Crippen LogP contribution in [0.25, 0.3) is 0 Å². The van der Waals surface area contributed by atoms with E-state index in [9.17, 15) is 14.0 Å². The van der Waals surface area contributed by atoms with Gasteiger partial charge in [-0.25, -0.2) is 9.18 Å². The maximum Gasteiger partial charge on any atom is 0.330 e. The van der Waals surface area contributed by atoms with Gasteiger partial charge in [-0.2, -0.15) is 0 Å². The van der Waals surface area contributed by atoms with Crippen LogP contribution in [0.1, 0.15) is 25.1 Å². The van der Waals surface area contributed by atoms with Gasteiger partial charge in [0.1, 0.15) is 18.5 Å². The van der Waals surface area contributed by atoms with Gasteiger partial charge in [0.25, 0.3) is 5.56 Å². The molecule has 2 heterocycles. The highest BCUT2D eigenvalue weighted by Gasteiger charge is 2.36. The molecule has 0 aliphatic carbocycles. The van der Waals surface area contributed by atoms with Crippen molar-refractivity contribution >= 4 is 0 Å². The van der Waals surface area contributed by atoms with Crippen LogP contribution in [-0.2, 0) is 11.2 Å². The van der Waals surface area contributed by atoms with E-state index in [-0.39, 0.29) is 6.42 Å². The molecule has 0 bridgehead atoms. The number of halogens is 1. The molecule has 1 aliphatic heterocycles. The number of nitrogens with zero attached hydrogens (tertiary/aromatic N) is 1. The second-order valence-corrected chi connectivity index (χ2v) is 4.24. The molecule has 0 spiro atoms. The van der Waals surface area contributed by atoms with Crippen LogP contribution in [0, 0.1) is 0 Å². The van der Waals surface area contributed by atoms with Crippen LogP contribution in [0.4, 0.5) is 4.39 Å². The molecule has 1 aromatic heterocycles. The van der Waals surface area contributed by atoms with E-state index in [2.05, 4.69) is 4.98 Å². The highest BCUT2D eigenvalue weighted by Crippen LogP contribution is 2.29. The SMILES string of the molecule is CCc1cn([C@@H]2CC(F)[C@H](CO)O2)c(=O)[nH]c1=O. The number of aromatic nitrogens is 2. The summed E-state index contributed by atoms with van der Waals surface area (Å²) in [7, 11) is 0. The first-order valence-electron chi connectivity index (χ1n) is 5.81. The van der Waals surface area contributed by atoms with E-state index >= 15 is 0 Å². The second kappa shape index (κ2) is 5.03. The molecule has 1 aromatic rings. The number of rotatable bonds is 3. The molecular formula is C11H15FN2O4. The van der Waals surface area contributed by atoms with Crippen molar-refractivity contribution in [3.05, 3.63) is 32.6 Å². The van der Waals surface area contributed by atoms with E-state index in [0.29, 0.717) is 12.0 Å². The number of H-pyrrole nitrogens is 1. The van der Waals surface area contributed by atoms with Gasteiger partial charge in [0.05, 0.1) is 6.61 Å². The predicted molar refractivity (Wildman–Crippen MR) is 61.2 cm³/mol. The first kappa shape index (κ1) is 13.0. The highest BCUT2D eigenvalue weighted by molar-refractivity contribution is 5.04. The van der Waals surface area contributed by atoms with Gasteiger partial charge in [0.2, 0.25) is 0 Å². The molecule has 1 saturated heterocycles. The maximum atomic E-state index is 13.4. The van der Waals surface area contributed by atoms with Crippen molar-refractivity contribution in [2.45, 2.75) is 38.3 Å². The standard InChI is InChI=1S/C11H15FN2O4/c1-2-6-4-14(11(17)13-10(6)16)9-3-7(12)8(5-15)18-9/h4,7-9,15H,2-3,5H2,1H3,(H,13,16,17)/t7?,8-,9-/m0/s1. The number of nitrogens with one attached hydrogen (secondary N) is 1. The molecule has 0 radical (unpaired) electrons. The number of aliphatic hydroxyl groups excluding tert-OH is 1. The van der Waals surface area contributed by atoms with E-state index in [0.717, 1.165) is 0 Å². The Balaban J connectivity index is 2.35. The molecule has 6 nitrogen and oxygen atoms in total. The Labute approximate surface area is 102 Å². The van der Waals surface area contributed by atoms with Gasteiger partial charge in [-0.15, -0.1) is 0 Å². The number of alkyl halides is 1. The van der Waals surface area contributed by atoms with Crippen LogP contribution >= 0.6 is 0 Å². The molecule has 1 unspecified atom stereocenters. The largest absolute Gasteiger partial charge is 0.394 e. The summed E-state index contributed by atoms with van der Waals surface area (Å²) < 4.78 is 19.9. The zero-order valence-corrected chi connectivity index (χ0v) is 9.93. The highest BCUT2D eigenvalue weighted by atomic mass is 19.1. The Morgan fingerprint density at radius 3 is 2.89 bits per heavy atom. The summed E-state index contributed by atoms with van der Waals surface area (Å²) in [5.41, 5.74) is -0.638. The van der Waals surface area contributed by atoms with E-state index in [1.807, 2.05) is 0 Å². The lowest BCUT2D eigenvalue weighted by Crippen LogP contribution is -2.34. The van der Waals surface area contributed by atoms with Gasteiger partial charge in [-0.05, 0) is 6.42 Å². The van der Waals surface area contributed by atoms with Gasteiger partial charge >= 0.3 is 5.69 Å². The van der Waals surface area contributed by atoms with Crippen LogP contribution in [-0.4, -0.2) is 33.5 Å². The lowest BCUT2D eigenvalue weighted by atomic mass is 10.2. The predicted octanol–water partition coefficient (Wildman–Crippen LogP) is -0.283. The number of aryl methyl sites for hydroxylation is 1. The Morgan fingerprint density at radius 1 is 1.61 bits per heavy atom. The van der Waals surface area contributed by atoms with Crippen molar-refractivity contribution in [3.63, 3.8) is 0 Å². The average Bonchev–Trinajstić information content (AvgIpc) is 2.70. The molecule has 0 aromatic carbocycles. The molecule has 1 aliphatic rings. The van der Waals surface area contributed by atoms with E-state index in [1.54, 1.807) is 6.92 Å². The van der Waals surface area contributed by atoms with E-state index in [4.69, 9.17) is 9.84 Å². The topological polar surface area (TPSA) is 84.3 Å². The molecule has 18 heavy (non-hydrogen) atoms. The zero-order chi connectivity index (χ0) is 13.3. The lowest BCUT2D eigenvalue weighted by Gasteiger charge is -2.14. The fraction of sp³-hybridized carbons (Fsp3) is 0.636. The third kappa shape index (κ3) is 2.23. The summed E-state index contributed by atoms with van der Waals surface area (Å²) in [5, 5.41) is 8.91. The molecular weight excluding hydrogens is 243 g/mol. The van der Waals surface area contributed by atoms with Crippen LogP contribution in [0.15, 0.2) is 15.8 Å². The summed E-state index contributed by atoms with van der Waals surface area (Å²) in [5.74, 6) is 0. The monoisotopic (exact) mass is 258 g/mol. The number of ether oxygens (including phenoxy) is 1. The van der Waals surface area contributed by atoms with Crippen molar-refractivity contribution in [2.24, 2.45) is 0 Å². The number of hydrogen-bond donors (Lipinski definition) is 2. The van der Waals surface area contributed by atoms with Gasteiger partial charge in [-0.1, -0.05) is 6.92 Å². The minimum Gasteiger partial charge on any atom is -0.394 e. The first-order valence-corrected chi connectivity index (χ1v) is 5.81. The summed E-state index contributed by atoms with van der Waals surface area (Å²) in [6.07, 6.45) is -1.18. The van der Waals surface area contributed by atoms with Crippen molar-refractivity contribution < 1.29 is 14.2 Å².